The smallest absolute Gasteiger partial charge is 0.226 e. The van der Waals surface area contributed by atoms with E-state index in [9.17, 15) is 10.2 Å². The first kappa shape index (κ1) is 32.2. The van der Waals surface area contributed by atoms with Crippen molar-refractivity contribution in [3.05, 3.63) is 33.4 Å². The van der Waals surface area contributed by atoms with E-state index in [-0.39, 0.29) is 90.3 Å². The van der Waals surface area contributed by atoms with Crippen LogP contribution in [0.1, 0.15) is 46.0 Å². The second kappa shape index (κ2) is 11.1. The molecule has 0 aliphatic rings. The molecule has 0 bridgehead atoms. The Hall–Kier alpha value is -5.74. The number of benzene rings is 4. The maximum atomic E-state index is 11.5. The molecule has 0 aromatic heterocycles. The van der Waals surface area contributed by atoms with Crippen LogP contribution in [0.4, 0.5) is 68.2 Å². The molecule has 2 unspecified atom stereocenters. The number of rotatable bonds is 7. The molecule has 4 aromatic carbocycles. The van der Waals surface area contributed by atoms with Gasteiger partial charge < -0.3 is 88.1 Å². The molecule has 0 spiro atoms. The van der Waals surface area contributed by atoms with Gasteiger partial charge in [0.2, 0.25) is 12.6 Å². The molecular weight excluding hydrogens is 580 g/mol. The molecule has 4 aromatic rings. The first-order valence-corrected chi connectivity index (χ1v) is 13.6. The summed E-state index contributed by atoms with van der Waals surface area (Å²) in [5.41, 5.74) is 72.3. The number of nitrogens with two attached hydrogens (primary N) is 11. The summed E-state index contributed by atoms with van der Waals surface area (Å²) < 4.78 is 12.1. The van der Waals surface area contributed by atoms with Crippen LogP contribution in [-0.4, -0.2) is 17.3 Å². The molecule has 0 heterocycles. The minimum atomic E-state index is -1.77. The molecule has 16 nitrogen and oxygen atoms in total. The van der Waals surface area contributed by atoms with Gasteiger partial charge in [0, 0.05) is 23.6 Å². The van der Waals surface area contributed by atoms with Gasteiger partial charge in [-0.25, -0.2) is 0 Å². The van der Waals surface area contributed by atoms with Gasteiger partial charge >= 0.3 is 0 Å². The summed E-state index contributed by atoms with van der Waals surface area (Å²) in [6.07, 6.45) is -3.51. The first-order chi connectivity index (χ1) is 20.9. The van der Waals surface area contributed by atoms with Gasteiger partial charge in [0.1, 0.15) is 11.4 Å². The Morgan fingerprint density at radius 2 is 0.822 bits per heavy atom. The van der Waals surface area contributed by atoms with Gasteiger partial charge in [-0.3, -0.25) is 0 Å². The normalized spacial score (nSPS) is 12.7. The third-order valence-corrected chi connectivity index (χ3v) is 8.54. The third-order valence-electron chi connectivity index (χ3n) is 8.54. The molecule has 0 saturated heterocycles. The summed E-state index contributed by atoms with van der Waals surface area (Å²) >= 11 is 0. The Kier molecular flexibility index (Phi) is 7.92. The van der Waals surface area contributed by atoms with E-state index in [1.165, 1.54) is 0 Å². The molecule has 0 amide bonds. The van der Waals surface area contributed by atoms with Gasteiger partial charge in [-0.15, -0.1) is 0 Å². The predicted molar refractivity (Wildman–Crippen MR) is 185 cm³/mol. The highest BCUT2D eigenvalue weighted by Gasteiger charge is 2.31. The molecule has 0 saturated carbocycles. The number of fused-ring (bicyclic) bond motifs is 1. The van der Waals surface area contributed by atoms with Crippen molar-refractivity contribution in [1.82, 2.24) is 0 Å². The van der Waals surface area contributed by atoms with E-state index in [1.807, 2.05) is 0 Å². The molecule has 242 valence electrons. The fourth-order valence-corrected chi connectivity index (χ4v) is 5.48. The maximum Gasteiger partial charge on any atom is 0.226 e. The van der Waals surface area contributed by atoms with Crippen molar-refractivity contribution in [3.8, 4) is 11.5 Å². The Bertz CT molecular complexity index is 1860. The molecule has 0 radical (unpaired) electrons. The Morgan fingerprint density at radius 1 is 0.444 bits per heavy atom. The molecule has 2 atom stereocenters. The van der Waals surface area contributed by atoms with E-state index in [4.69, 9.17) is 72.5 Å². The minimum Gasteiger partial charge on any atom is -0.458 e. The predicted octanol–water partition coefficient (Wildman–Crippen LogP) is 1.66. The second-order valence-corrected chi connectivity index (χ2v) is 10.9. The molecule has 0 fully saturated rings. The largest absolute Gasteiger partial charge is 0.458 e. The summed E-state index contributed by atoms with van der Waals surface area (Å²) in [6, 6.07) is 0. The Morgan fingerprint density at radius 3 is 1.24 bits per heavy atom. The zero-order chi connectivity index (χ0) is 34.0. The van der Waals surface area contributed by atoms with Gasteiger partial charge in [0.25, 0.3) is 0 Å². The average Bonchev–Trinajstić information content (AvgIpc) is 2.99. The molecular formula is C29H42N12O4. The molecule has 4 rings (SSSR count). The number of hydrogen-bond donors (Lipinski definition) is 14. The number of ether oxygens (including phenoxy) is 2. The van der Waals surface area contributed by atoms with Crippen LogP contribution in [0.5, 0.6) is 11.5 Å². The highest BCUT2D eigenvalue weighted by atomic mass is 16.6. The fraction of sp³-hybridized carbons (Fsp3) is 0.241. The molecule has 16 heteroatoms. The quantitative estimate of drug-likeness (QED) is 0.103. The van der Waals surface area contributed by atoms with E-state index in [2.05, 4.69) is 5.32 Å². The summed E-state index contributed by atoms with van der Waals surface area (Å²) in [5.74, 6) is -0.479. The van der Waals surface area contributed by atoms with Gasteiger partial charge in [0.05, 0.1) is 62.3 Å². The number of aliphatic hydroxyl groups excluding tert-OH is 2. The fourth-order valence-electron chi connectivity index (χ4n) is 5.48. The van der Waals surface area contributed by atoms with Crippen molar-refractivity contribution in [2.24, 2.45) is 0 Å². The molecule has 25 N–H and O–H groups in total. The number of hydrogen-bond acceptors (Lipinski definition) is 16. The Labute approximate surface area is 259 Å². The summed E-state index contributed by atoms with van der Waals surface area (Å²) in [6.45, 7) is 6.88. The zero-order valence-corrected chi connectivity index (χ0v) is 25.7. The number of anilines is 12. The lowest BCUT2D eigenvalue weighted by Crippen LogP contribution is -2.18. The minimum absolute atomic E-state index is 0.00503. The second-order valence-electron chi connectivity index (χ2n) is 10.9. The van der Waals surface area contributed by atoms with Crippen molar-refractivity contribution in [2.75, 3.05) is 75.4 Å². The van der Waals surface area contributed by atoms with E-state index < -0.39 is 12.6 Å². The lowest BCUT2D eigenvalue weighted by molar-refractivity contribution is -0.0211. The summed E-state index contributed by atoms with van der Waals surface area (Å²) in [4.78, 5) is 0. The first-order valence-electron chi connectivity index (χ1n) is 13.6. The molecule has 0 aliphatic heterocycles. The topological polar surface area (TPSA) is 357 Å². The molecule has 0 aliphatic carbocycles. The highest BCUT2D eigenvalue weighted by molar-refractivity contribution is 6.20. The lowest BCUT2D eigenvalue weighted by atomic mass is 9.96. The van der Waals surface area contributed by atoms with Crippen molar-refractivity contribution in [2.45, 2.75) is 40.3 Å². The van der Waals surface area contributed by atoms with E-state index in [1.54, 1.807) is 34.7 Å². The monoisotopic (exact) mass is 622 g/mol. The van der Waals surface area contributed by atoms with Crippen LogP contribution in [0.25, 0.3) is 10.8 Å². The van der Waals surface area contributed by atoms with Crippen LogP contribution in [0.15, 0.2) is 0 Å². The summed E-state index contributed by atoms with van der Waals surface area (Å²) in [5, 5.41) is 25.8. The van der Waals surface area contributed by atoms with Gasteiger partial charge in [-0.2, -0.15) is 0 Å². The molecule has 45 heavy (non-hydrogen) atoms. The zero-order valence-electron chi connectivity index (χ0n) is 25.7. The Balaban J connectivity index is 2.03. The number of aliphatic hydroxyl groups is 2. The van der Waals surface area contributed by atoms with Gasteiger partial charge in [0.15, 0.2) is 11.5 Å². The van der Waals surface area contributed by atoms with Crippen LogP contribution < -0.4 is 77.9 Å². The number of nitrogens with one attached hydrogen (secondary N) is 1. The van der Waals surface area contributed by atoms with Crippen LogP contribution in [-0.2, 0) is 0 Å². The summed E-state index contributed by atoms with van der Waals surface area (Å²) in [7, 11) is 1.63. The van der Waals surface area contributed by atoms with E-state index in [0.717, 1.165) is 0 Å². The SMILES string of the molecule is CNc1c(N)c(C)c(C)c(C(O)Oc2c(N)c(N)c(N)c3c(N)c(N)c(N)c(OC(O)c4c(C)c(C)c(N)c(N)c4N)c23)c1N. The van der Waals surface area contributed by atoms with Crippen LogP contribution >= 0.6 is 0 Å². The van der Waals surface area contributed by atoms with Crippen LogP contribution in [0, 0.1) is 27.7 Å². The number of nitrogen functional groups attached to an aromatic ring is 11. The van der Waals surface area contributed by atoms with Crippen molar-refractivity contribution < 1.29 is 19.7 Å². The van der Waals surface area contributed by atoms with E-state index >= 15 is 0 Å². The van der Waals surface area contributed by atoms with Crippen molar-refractivity contribution in [1.29, 1.82) is 0 Å². The average molecular weight is 623 g/mol. The van der Waals surface area contributed by atoms with Crippen molar-refractivity contribution in [3.63, 3.8) is 0 Å². The van der Waals surface area contributed by atoms with Gasteiger partial charge in [-0.1, -0.05) is 0 Å². The third kappa shape index (κ3) is 4.63. The standard InChI is InChI=1S/C29H42N12O4/c1-6-8(3)14(30)20(36)16(32)10(6)28(42)44-26-13-12(17(33)21(37)23(26)39)18(34)22(38)24(40)27(13)45-29(43)11-7(2)9(4)15(31)25(41-5)19(11)35/h28-29,41-43H,30-40H2,1-5H3. The maximum absolute atomic E-state index is 11.5. The van der Waals surface area contributed by atoms with E-state index in [0.29, 0.717) is 33.6 Å². The van der Waals surface area contributed by atoms with Gasteiger partial charge in [-0.05, 0) is 49.9 Å². The van der Waals surface area contributed by atoms with Crippen molar-refractivity contribution >= 4 is 79.0 Å². The highest BCUT2D eigenvalue weighted by Crippen LogP contribution is 2.55. The lowest BCUT2D eigenvalue weighted by Gasteiger charge is -2.27. The van der Waals surface area contributed by atoms with Crippen LogP contribution in [0.2, 0.25) is 0 Å². The van der Waals surface area contributed by atoms with Crippen LogP contribution in [0.3, 0.4) is 0 Å².